The third kappa shape index (κ3) is 5.46. The van der Waals surface area contributed by atoms with Gasteiger partial charge < -0.3 is 10.1 Å². The van der Waals surface area contributed by atoms with Crippen molar-refractivity contribution in [3.8, 4) is 5.75 Å². The van der Waals surface area contributed by atoms with Crippen molar-refractivity contribution in [2.45, 2.75) is 46.2 Å². The Morgan fingerprint density at radius 3 is 2.37 bits per heavy atom. The molecule has 0 aromatic heterocycles. The minimum atomic E-state index is -3.73. The first-order valence-electron chi connectivity index (χ1n) is 9.70. The lowest BCUT2D eigenvalue weighted by molar-refractivity contribution is -0.122. The molecule has 0 aliphatic carbocycles. The highest BCUT2D eigenvalue weighted by Crippen LogP contribution is 2.29. The zero-order chi connectivity index (χ0) is 22.6. The standard InChI is InChI=1S/C22H29ClN2O4S/c1-7-19(17-9-11-21(29-5)15(3)12-17)24-22(26)16(4)25(30(6,27)28)20-13-18(23)10-8-14(20)2/h8-13,16,19H,7H2,1-6H3,(H,24,26)/t16-,19-/m0/s1. The highest BCUT2D eigenvalue weighted by atomic mass is 35.5. The minimum absolute atomic E-state index is 0.258. The molecular weight excluding hydrogens is 424 g/mol. The summed E-state index contributed by atoms with van der Waals surface area (Å²) in [5.41, 5.74) is 2.99. The van der Waals surface area contributed by atoms with E-state index < -0.39 is 16.1 Å². The summed E-state index contributed by atoms with van der Waals surface area (Å²) in [4.78, 5) is 13.1. The molecule has 1 amide bonds. The van der Waals surface area contributed by atoms with Crippen LogP contribution in [-0.2, 0) is 14.8 Å². The summed E-state index contributed by atoms with van der Waals surface area (Å²) in [7, 11) is -2.12. The van der Waals surface area contributed by atoms with Gasteiger partial charge in [-0.1, -0.05) is 36.7 Å². The van der Waals surface area contributed by atoms with Crippen molar-refractivity contribution in [2.24, 2.45) is 0 Å². The lowest BCUT2D eigenvalue weighted by atomic mass is 10.0. The molecule has 2 aromatic carbocycles. The van der Waals surface area contributed by atoms with Crippen molar-refractivity contribution in [3.63, 3.8) is 0 Å². The molecule has 2 aromatic rings. The molecule has 0 bridgehead atoms. The molecular formula is C22H29ClN2O4S. The molecule has 0 radical (unpaired) electrons. The fraction of sp³-hybridized carbons (Fsp3) is 0.409. The first kappa shape index (κ1) is 24.0. The van der Waals surface area contributed by atoms with Gasteiger partial charge in [-0.15, -0.1) is 0 Å². The van der Waals surface area contributed by atoms with Gasteiger partial charge in [-0.3, -0.25) is 9.10 Å². The van der Waals surface area contributed by atoms with Gasteiger partial charge in [0, 0.05) is 5.02 Å². The van der Waals surface area contributed by atoms with Crippen molar-refractivity contribution >= 4 is 33.2 Å². The third-order valence-corrected chi connectivity index (χ3v) is 6.51. The van der Waals surface area contributed by atoms with E-state index in [-0.39, 0.29) is 11.9 Å². The Morgan fingerprint density at radius 2 is 1.83 bits per heavy atom. The molecule has 164 valence electrons. The van der Waals surface area contributed by atoms with Gasteiger partial charge in [0.2, 0.25) is 15.9 Å². The van der Waals surface area contributed by atoms with Crippen LogP contribution in [0.4, 0.5) is 5.69 Å². The molecule has 0 aliphatic heterocycles. The average Bonchev–Trinajstić information content (AvgIpc) is 2.67. The van der Waals surface area contributed by atoms with Crippen molar-refractivity contribution < 1.29 is 17.9 Å². The van der Waals surface area contributed by atoms with E-state index in [1.165, 1.54) is 0 Å². The largest absolute Gasteiger partial charge is 0.496 e. The van der Waals surface area contributed by atoms with Gasteiger partial charge in [0.05, 0.1) is 25.1 Å². The van der Waals surface area contributed by atoms with E-state index >= 15 is 0 Å². The van der Waals surface area contributed by atoms with Crippen LogP contribution in [0, 0.1) is 13.8 Å². The lowest BCUT2D eigenvalue weighted by Crippen LogP contribution is -2.48. The molecule has 8 heteroatoms. The number of benzene rings is 2. The highest BCUT2D eigenvalue weighted by Gasteiger charge is 2.31. The Morgan fingerprint density at radius 1 is 1.17 bits per heavy atom. The van der Waals surface area contributed by atoms with Crippen molar-refractivity contribution in [3.05, 3.63) is 58.1 Å². The number of rotatable bonds is 8. The number of hydrogen-bond donors (Lipinski definition) is 1. The summed E-state index contributed by atoms with van der Waals surface area (Å²) in [6.45, 7) is 7.25. The van der Waals surface area contributed by atoms with Gasteiger partial charge in [-0.25, -0.2) is 8.42 Å². The first-order chi connectivity index (χ1) is 14.0. The zero-order valence-electron chi connectivity index (χ0n) is 18.2. The van der Waals surface area contributed by atoms with Gasteiger partial charge in [-0.2, -0.15) is 0 Å². The van der Waals surface area contributed by atoms with Gasteiger partial charge in [-0.05, 0) is 62.1 Å². The van der Waals surface area contributed by atoms with E-state index in [9.17, 15) is 13.2 Å². The van der Waals surface area contributed by atoms with E-state index in [4.69, 9.17) is 16.3 Å². The number of hydrogen-bond acceptors (Lipinski definition) is 4. The Labute approximate surface area is 184 Å². The Hall–Kier alpha value is -2.25. The van der Waals surface area contributed by atoms with Gasteiger partial charge in [0.1, 0.15) is 11.8 Å². The number of aryl methyl sites for hydroxylation is 2. The minimum Gasteiger partial charge on any atom is -0.496 e. The van der Waals surface area contributed by atoms with Crippen molar-refractivity contribution in [1.29, 1.82) is 0 Å². The van der Waals surface area contributed by atoms with Crippen LogP contribution in [0.1, 0.15) is 43.0 Å². The number of anilines is 1. The first-order valence-corrected chi connectivity index (χ1v) is 11.9. The second kappa shape index (κ2) is 9.71. The van der Waals surface area contributed by atoms with Crippen LogP contribution < -0.4 is 14.4 Å². The quantitative estimate of drug-likeness (QED) is 0.644. The second-order valence-electron chi connectivity index (χ2n) is 7.36. The van der Waals surface area contributed by atoms with E-state index in [1.54, 1.807) is 39.2 Å². The number of nitrogens with zero attached hydrogens (tertiary/aromatic N) is 1. The molecule has 0 heterocycles. The third-order valence-electron chi connectivity index (χ3n) is 5.04. The number of carbonyl (C=O) groups excluding carboxylic acids is 1. The van der Waals surface area contributed by atoms with Crippen molar-refractivity contribution in [1.82, 2.24) is 5.32 Å². The molecule has 1 N–H and O–H groups in total. The Bertz CT molecular complexity index is 1020. The van der Waals surface area contributed by atoms with Crippen LogP contribution >= 0.6 is 11.6 Å². The number of sulfonamides is 1. The predicted octanol–water partition coefficient (Wildman–Crippen LogP) is 4.39. The van der Waals surface area contributed by atoms with Gasteiger partial charge in [0.15, 0.2) is 0 Å². The smallest absolute Gasteiger partial charge is 0.244 e. The maximum Gasteiger partial charge on any atom is 0.244 e. The number of ether oxygens (including phenoxy) is 1. The summed E-state index contributed by atoms with van der Waals surface area (Å²) in [5, 5.41) is 3.39. The van der Waals surface area contributed by atoms with Crippen LogP contribution in [0.2, 0.25) is 5.02 Å². The lowest BCUT2D eigenvalue weighted by Gasteiger charge is -2.31. The van der Waals surface area contributed by atoms with Crippen LogP contribution in [0.3, 0.4) is 0 Å². The van der Waals surface area contributed by atoms with E-state index in [0.717, 1.165) is 27.4 Å². The molecule has 0 unspecified atom stereocenters. The number of methoxy groups -OCH3 is 1. The van der Waals surface area contributed by atoms with E-state index in [2.05, 4.69) is 5.32 Å². The molecule has 30 heavy (non-hydrogen) atoms. The van der Waals surface area contributed by atoms with Crippen molar-refractivity contribution in [2.75, 3.05) is 17.7 Å². The Kier molecular flexibility index (Phi) is 7.77. The fourth-order valence-corrected chi connectivity index (χ4v) is 4.82. The number of nitrogens with one attached hydrogen (secondary N) is 1. The number of halogens is 1. The topological polar surface area (TPSA) is 75.7 Å². The van der Waals surface area contributed by atoms with Crippen LogP contribution in [0.15, 0.2) is 36.4 Å². The van der Waals surface area contributed by atoms with Crippen LogP contribution in [0.5, 0.6) is 5.75 Å². The van der Waals surface area contributed by atoms with E-state index in [1.807, 2.05) is 32.0 Å². The summed E-state index contributed by atoms with van der Waals surface area (Å²) < 4.78 is 31.6. The molecule has 2 atom stereocenters. The zero-order valence-corrected chi connectivity index (χ0v) is 19.8. The maximum atomic E-state index is 13.1. The molecule has 0 aliphatic rings. The molecule has 0 fully saturated rings. The molecule has 2 rings (SSSR count). The summed E-state index contributed by atoms with van der Waals surface area (Å²) >= 11 is 6.09. The molecule has 0 spiro atoms. The molecule has 0 saturated carbocycles. The summed E-state index contributed by atoms with van der Waals surface area (Å²) in [5.74, 6) is 0.383. The van der Waals surface area contributed by atoms with Crippen LogP contribution in [-0.4, -0.2) is 33.7 Å². The Balaban J connectivity index is 2.34. The summed E-state index contributed by atoms with van der Waals surface area (Å²) in [6.07, 6.45) is 1.74. The number of amides is 1. The van der Waals surface area contributed by atoms with Gasteiger partial charge >= 0.3 is 0 Å². The molecule has 0 saturated heterocycles. The SMILES string of the molecule is CC[C@H](NC(=O)[C@H](C)N(c1cc(Cl)ccc1C)S(C)(=O)=O)c1ccc(OC)c(C)c1. The number of carbonyl (C=O) groups is 1. The van der Waals surface area contributed by atoms with E-state index in [0.29, 0.717) is 22.7 Å². The van der Waals surface area contributed by atoms with Gasteiger partial charge in [0.25, 0.3) is 0 Å². The highest BCUT2D eigenvalue weighted by molar-refractivity contribution is 7.92. The fourth-order valence-electron chi connectivity index (χ4n) is 3.43. The predicted molar refractivity (Wildman–Crippen MR) is 122 cm³/mol. The average molecular weight is 453 g/mol. The maximum absolute atomic E-state index is 13.1. The normalized spacial score (nSPS) is 13.4. The second-order valence-corrected chi connectivity index (χ2v) is 9.66. The van der Waals surface area contributed by atoms with Crippen LogP contribution in [0.25, 0.3) is 0 Å². The summed E-state index contributed by atoms with van der Waals surface area (Å²) in [6, 6.07) is 9.50. The monoisotopic (exact) mass is 452 g/mol. The molecule has 6 nitrogen and oxygen atoms in total.